The second-order valence-electron chi connectivity index (χ2n) is 3.16. The third kappa shape index (κ3) is 1.16. The van der Waals surface area contributed by atoms with E-state index in [0.717, 1.165) is 30.5 Å². The zero-order valence-electron chi connectivity index (χ0n) is 6.71. The Balaban J connectivity index is 2.53. The van der Waals surface area contributed by atoms with E-state index in [1.165, 1.54) is 6.07 Å². The molecule has 2 N–H and O–H groups in total. The number of aryl methyl sites for hydroxylation is 1. The van der Waals surface area contributed by atoms with Crippen LogP contribution in [0.25, 0.3) is 0 Å². The summed E-state index contributed by atoms with van der Waals surface area (Å²) in [6.07, 6.45) is 2.25. The Labute approximate surface area is 70.1 Å². The van der Waals surface area contributed by atoms with E-state index in [1.807, 2.05) is 0 Å². The highest BCUT2D eigenvalue weighted by Crippen LogP contribution is 2.26. The normalized spacial score (nSPS) is 21.9. The highest BCUT2D eigenvalue weighted by Gasteiger charge is 2.17. The van der Waals surface area contributed by atoms with Gasteiger partial charge in [-0.2, -0.15) is 0 Å². The molecule has 1 heterocycles. The molecule has 1 aromatic heterocycles. The van der Waals surface area contributed by atoms with E-state index >= 15 is 0 Å². The fourth-order valence-electron chi connectivity index (χ4n) is 1.68. The standard InChI is InChI=1S/C9H11NO2/c11-8-3-1-2-7-6(8)4-5-9(12)10-7/h4-5,8,11H,1-3H2,(H,10,12)/t8-/m1/s1. The maximum atomic E-state index is 10.9. The minimum absolute atomic E-state index is 0.0807. The molecule has 0 saturated heterocycles. The van der Waals surface area contributed by atoms with Crippen molar-refractivity contribution in [1.29, 1.82) is 0 Å². The molecule has 1 aromatic rings. The van der Waals surface area contributed by atoms with Gasteiger partial charge in [0.05, 0.1) is 6.10 Å². The van der Waals surface area contributed by atoms with Crippen LogP contribution >= 0.6 is 0 Å². The lowest BCUT2D eigenvalue weighted by Gasteiger charge is -2.19. The number of fused-ring (bicyclic) bond motifs is 1. The highest BCUT2D eigenvalue weighted by atomic mass is 16.3. The van der Waals surface area contributed by atoms with Crippen molar-refractivity contribution in [2.75, 3.05) is 0 Å². The molecular weight excluding hydrogens is 154 g/mol. The second kappa shape index (κ2) is 2.75. The van der Waals surface area contributed by atoms with Gasteiger partial charge in [-0.3, -0.25) is 4.79 Å². The number of pyridine rings is 1. The molecule has 3 nitrogen and oxygen atoms in total. The van der Waals surface area contributed by atoms with Crippen LogP contribution in [0, 0.1) is 0 Å². The van der Waals surface area contributed by atoms with Crippen LogP contribution in [0.1, 0.15) is 30.2 Å². The Hall–Kier alpha value is -1.09. The number of nitrogens with one attached hydrogen (secondary N) is 1. The van der Waals surface area contributed by atoms with Gasteiger partial charge in [0.2, 0.25) is 5.56 Å². The number of aliphatic hydroxyl groups excluding tert-OH is 1. The van der Waals surface area contributed by atoms with Crippen LogP contribution in [0.3, 0.4) is 0 Å². The highest BCUT2D eigenvalue weighted by molar-refractivity contribution is 5.24. The number of aromatic amines is 1. The zero-order chi connectivity index (χ0) is 8.55. The van der Waals surface area contributed by atoms with E-state index in [0.29, 0.717) is 0 Å². The van der Waals surface area contributed by atoms with Gasteiger partial charge in [0.25, 0.3) is 0 Å². The number of hydrogen-bond acceptors (Lipinski definition) is 2. The molecule has 0 unspecified atom stereocenters. The zero-order valence-corrected chi connectivity index (χ0v) is 6.71. The lowest BCUT2D eigenvalue weighted by Crippen LogP contribution is -2.16. The minimum Gasteiger partial charge on any atom is -0.388 e. The molecule has 3 heteroatoms. The third-order valence-electron chi connectivity index (χ3n) is 2.30. The van der Waals surface area contributed by atoms with Gasteiger partial charge in [0.15, 0.2) is 0 Å². The summed E-state index contributed by atoms with van der Waals surface area (Å²) in [6.45, 7) is 0. The Morgan fingerprint density at radius 1 is 1.50 bits per heavy atom. The Bertz CT molecular complexity index is 343. The fraction of sp³-hybridized carbons (Fsp3) is 0.444. The summed E-state index contributed by atoms with van der Waals surface area (Å²) in [6, 6.07) is 3.19. The predicted molar refractivity (Wildman–Crippen MR) is 45.0 cm³/mol. The van der Waals surface area contributed by atoms with Crippen molar-refractivity contribution >= 4 is 0 Å². The predicted octanol–water partition coefficient (Wildman–Crippen LogP) is 0.745. The van der Waals surface area contributed by atoms with E-state index in [1.54, 1.807) is 6.07 Å². The van der Waals surface area contributed by atoms with Crippen LogP contribution in [0.15, 0.2) is 16.9 Å². The topological polar surface area (TPSA) is 53.1 Å². The summed E-state index contributed by atoms with van der Waals surface area (Å²) in [4.78, 5) is 13.7. The molecule has 0 bridgehead atoms. The molecule has 0 aliphatic heterocycles. The number of hydrogen-bond donors (Lipinski definition) is 2. The van der Waals surface area contributed by atoms with E-state index < -0.39 is 0 Å². The SMILES string of the molecule is O=c1ccc2c([nH]1)CCC[C@H]2O. The van der Waals surface area contributed by atoms with Crippen LogP contribution in [-0.4, -0.2) is 10.1 Å². The molecule has 12 heavy (non-hydrogen) atoms. The van der Waals surface area contributed by atoms with Gasteiger partial charge in [-0.15, -0.1) is 0 Å². The van der Waals surface area contributed by atoms with E-state index in [2.05, 4.69) is 4.98 Å². The minimum atomic E-state index is -0.384. The van der Waals surface area contributed by atoms with Gasteiger partial charge in [-0.25, -0.2) is 0 Å². The van der Waals surface area contributed by atoms with Crippen molar-refractivity contribution in [2.24, 2.45) is 0 Å². The van der Waals surface area contributed by atoms with Crippen molar-refractivity contribution in [3.8, 4) is 0 Å². The van der Waals surface area contributed by atoms with Crippen LogP contribution in [0.4, 0.5) is 0 Å². The second-order valence-corrected chi connectivity index (χ2v) is 3.16. The molecule has 0 aromatic carbocycles. The average molecular weight is 165 g/mol. The average Bonchev–Trinajstić information content (AvgIpc) is 2.04. The van der Waals surface area contributed by atoms with Crippen molar-refractivity contribution in [2.45, 2.75) is 25.4 Å². The Morgan fingerprint density at radius 3 is 3.17 bits per heavy atom. The van der Waals surface area contributed by atoms with Gasteiger partial charge in [-0.05, 0) is 25.3 Å². The molecule has 0 spiro atoms. The van der Waals surface area contributed by atoms with Crippen molar-refractivity contribution in [1.82, 2.24) is 4.98 Å². The van der Waals surface area contributed by atoms with E-state index in [-0.39, 0.29) is 11.7 Å². The van der Waals surface area contributed by atoms with Gasteiger partial charge in [-0.1, -0.05) is 0 Å². The van der Waals surface area contributed by atoms with Crippen LogP contribution in [0.5, 0.6) is 0 Å². The van der Waals surface area contributed by atoms with Crippen LogP contribution < -0.4 is 5.56 Å². The molecule has 1 aliphatic carbocycles. The van der Waals surface area contributed by atoms with Crippen molar-refractivity contribution in [3.05, 3.63) is 33.7 Å². The largest absolute Gasteiger partial charge is 0.388 e. The monoisotopic (exact) mass is 165 g/mol. The first-order chi connectivity index (χ1) is 5.77. The summed E-state index contributed by atoms with van der Waals surface area (Å²) in [5.41, 5.74) is 1.71. The van der Waals surface area contributed by atoms with Gasteiger partial charge in [0, 0.05) is 17.3 Å². The maximum Gasteiger partial charge on any atom is 0.248 e. The molecule has 64 valence electrons. The summed E-state index contributed by atoms with van der Waals surface area (Å²) < 4.78 is 0. The van der Waals surface area contributed by atoms with Crippen molar-refractivity contribution in [3.63, 3.8) is 0 Å². The van der Waals surface area contributed by atoms with Crippen LogP contribution in [-0.2, 0) is 6.42 Å². The van der Waals surface area contributed by atoms with Gasteiger partial charge in [0.1, 0.15) is 0 Å². The molecule has 0 radical (unpaired) electrons. The van der Waals surface area contributed by atoms with Crippen molar-refractivity contribution < 1.29 is 5.11 Å². The number of aromatic nitrogens is 1. The molecule has 1 aliphatic rings. The Kier molecular flexibility index (Phi) is 1.73. The van der Waals surface area contributed by atoms with Gasteiger partial charge >= 0.3 is 0 Å². The molecule has 1 atom stereocenters. The van der Waals surface area contributed by atoms with Gasteiger partial charge < -0.3 is 10.1 Å². The number of H-pyrrole nitrogens is 1. The first kappa shape index (κ1) is 7.55. The summed E-state index contributed by atoms with van der Waals surface area (Å²) in [5.74, 6) is 0. The Morgan fingerprint density at radius 2 is 2.33 bits per heavy atom. The molecule has 0 fully saturated rings. The maximum absolute atomic E-state index is 10.9. The summed E-state index contributed by atoms with van der Waals surface area (Å²) in [5, 5.41) is 9.53. The van der Waals surface area contributed by atoms with Crippen LogP contribution in [0.2, 0.25) is 0 Å². The van der Waals surface area contributed by atoms with E-state index in [9.17, 15) is 9.90 Å². The lowest BCUT2D eigenvalue weighted by atomic mass is 9.94. The fourth-order valence-corrected chi connectivity index (χ4v) is 1.68. The molecule has 0 amide bonds. The number of aliphatic hydroxyl groups is 1. The first-order valence-electron chi connectivity index (χ1n) is 4.17. The van der Waals surface area contributed by atoms with E-state index in [4.69, 9.17) is 0 Å². The summed E-state index contributed by atoms with van der Waals surface area (Å²) in [7, 11) is 0. The molecule has 0 saturated carbocycles. The number of rotatable bonds is 0. The molecular formula is C9H11NO2. The lowest BCUT2D eigenvalue weighted by molar-refractivity contribution is 0.155. The quantitative estimate of drug-likeness (QED) is 0.596. The summed E-state index contributed by atoms with van der Waals surface area (Å²) >= 11 is 0. The third-order valence-corrected chi connectivity index (χ3v) is 2.30. The smallest absolute Gasteiger partial charge is 0.248 e. The first-order valence-corrected chi connectivity index (χ1v) is 4.17. The molecule has 2 rings (SSSR count).